The fourth-order valence-electron chi connectivity index (χ4n) is 2.02. The van der Waals surface area contributed by atoms with Crippen LogP contribution in [-0.2, 0) is 25.7 Å². The molecular formula is C20H28Cl2N2O6. The van der Waals surface area contributed by atoms with Gasteiger partial charge in [-0.15, -0.1) is 23.2 Å². The molecule has 168 valence electrons. The number of alkyl carbamates (subject to hydrolysis) is 1. The molecule has 0 unspecified atom stereocenters. The maximum Gasteiger partial charge on any atom is 0.408 e. The van der Waals surface area contributed by atoms with E-state index < -0.39 is 30.1 Å². The summed E-state index contributed by atoms with van der Waals surface area (Å²) in [6.07, 6.45) is -0.346. The molecule has 1 aromatic carbocycles. The number of carbonyl (C=O) groups excluding carboxylic acids is 3. The number of alkyl halides is 2. The second-order valence-corrected chi connectivity index (χ2v) is 7.30. The number of rotatable bonds is 10. The van der Waals surface area contributed by atoms with Gasteiger partial charge in [-0.3, -0.25) is 14.4 Å². The number of carboxylic acid groups (broad SMARTS) is 1. The number of Topliss-reactive ketones (excluding diaryl/α,β-unsaturated/α-hetero) is 1. The fourth-order valence-corrected chi connectivity index (χ4v) is 2.31. The smallest absolute Gasteiger partial charge is 0.408 e. The van der Waals surface area contributed by atoms with Crippen LogP contribution >= 0.6 is 23.2 Å². The lowest BCUT2D eigenvalue weighted by Gasteiger charge is -2.21. The summed E-state index contributed by atoms with van der Waals surface area (Å²) in [4.78, 5) is 44.8. The van der Waals surface area contributed by atoms with Crippen molar-refractivity contribution >= 4 is 47.0 Å². The van der Waals surface area contributed by atoms with E-state index >= 15 is 0 Å². The Morgan fingerprint density at radius 3 is 2.00 bits per heavy atom. The summed E-state index contributed by atoms with van der Waals surface area (Å²) in [5.74, 6) is -1.62. The van der Waals surface area contributed by atoms with Crippen LogP contribution in [0, 0.1) is 5.92 Å². The molecule has 0 heterocycles. The molecule has 3 N–H and O–H groups in total. The van der Waals surface area contributed by atoms with Crippen LogP contribution in [0.3, 0.4) is 0 Å². The van der Waals surface area contributed by atoms with Crippen LogP contribution < -0.4 is 10.6 Å². The maximum atomic E-state index is 12.2. The third-order valence-corrected chi connectivity index (χ3v) is 4.15. The van der Waals surface area contributed by atoms with Gasteiger partial charge in [-0.2, -0.15) is 0 Å². The summed E-state index contributed by atoms with van der Waals surface area (Å²) in [6.45, 7) is 5.25. The van der Waals surface area contributed by atoms with Crippen LogP contribution in [0.15, 0.2) is 30.3 Å². The van der Waals surface area contributed by atoms with E-state index in [4.69, 9.17) is 33.0 Å². The van der Waals surface area contributed by atoms with E-state index in [1.165, 1.54) is 6.92 Å². The number of aliphatic carboxylic acids is 1. The van der Waals surface area contributed by atoms with E-state index in [9.17, 15) is 19.2 Å². The number of ether oxygens (including phenoxy) is 1. The van der Waals surface area contributed by atoms with Gasteiger partial charge in [-0.05, 0) is 24.8 Å². The number of carbonyl (C=O) groups is 4. The molecule has 2 amide bonds. The standard InChI is InChI=1S/C17H24N2O5.C3H4Cl2O/c1-11(2)9-14(15(20)18-12(3)16(21)22)19-17(23)24-10-13-7-5-4-6-8-13;4-1-3(6)2-5/h4-8,11-12,14H,9-10H2,1-3H3,(H,18,20)(H,19,23)(H,21,22);1-2H2/t12-,14-;/m0./s1. The first-order valence-electron chi connectivity index (χ1n) is 9.24. The largest absolute Gasteiger partial charge is 0.480 e. The van der Waals surface area contributed by atoms with Crippen LogP contribution in [0.2, 0.25) is 0 Å². The molecule has 0 aliphatic rings. The zero-order valence-corrected chi connectivity index (χ0v) is 18.7. The monoisotopic (exact) mass is 462 g/mol. The highest BCUT2D eigenvalue weighted by Crippen LogP contribution is 2.07. The van der Waals surface area contributed by atoms with Gasteiger partial charge < -0.3 is 20.5 Å². The van der Waals surface area contributed by atoms with Gasteiger partial charge in [0.05, 0.1) is 11.8 Å². The highest BCUT2D eigenvalue weighted by atomic mass is 35.5. The van der Waals surface area contributed by atoms with Crippen LogP contribution in [0.25, 0.3) is 0 Å². The Bertz CT molecular complexity index is 679. The lowest BCUT2D eigenvalue weighted by atomic mass is 10.0. The van der Waals surface area contributed by atoms with Crippen LogP contribution in [0.5, 0.6) is 0 Å². The molecule has 1 rings (SSSR count). The van der Waals surface area contributed by atoms with E-state index in [-0.39, 0.29) is 30.1 Å². The first-order valence-corrected chi connectivity index (χ1v) is 10.3. The lowest BCUT2D eigenvalue weighted by molar-refractivity contribution is -0.141. The minimum atomic E-state index is -1.14. The Labute approximate surface area is 186 Å². The van der Waals surface area contributed by atoms with E-state index in [1.807, 2.05) is 44.2 Å². The zero-order valence-electron chi connectivity index (χ0n) is 17.2. The number of amides is 2. The second-order valence-electron chi connectivity index (χ2n) is 6.76. The predicted molar refractivity (Wildman–Crippen MR) is 115 cm³/mol. The molecule has 0 radical (unpaired) electrons. The van der Waals surface area contributed by atoms with E-state index in [0.717, 1.165) is 5.56 Å². The number of ketones is 1. The molecule has 0 bridgehead atoms. The highest BCUT2D eigenvalue weighted by molar-refractivity contribution is 6.35. The van der Waals surface area contributed by atoms with Crippen molar-refractivity contribution in [2.24, 2.45) is 5.92 Å². The first kappa shape index (κ1) is 27.7. The zero-order chi connectivity index (χ0) is 23.1. The van der Waals surface area contributed by atoms with Crippen molar-refractivity contribution < 1.29 is 29.0 Å². The summed E-state index contributed by atoms with van der Waals surface area (Å²) in [6, 6.07) is 7.28. The van der Waals surface area contributed by atoms with Crippen molar-refractivity contribution in [1.29, 1.82) is 0 Å². The van der Waals surface area contributed by atoms with Gasteiger partial charge >= 0.3 is 12.1 Å². The quantitative estimate of drug-likeness (QED) is 0.459. The topological polar surface area (TPSA) is 122 Å². The van der Waals surface area contributed by atoms with Crippen molar-refractivity contribution in [3.63, 3.8) is 0 Å². The molecule has 1 aromatic rings. The summed E-state index contributed by atoms with van der Waals surface area (Å²) >= 11 is 10.0. The van der Waals surface area contributed by atoms with E-state index in [0.29, 0.717) is 6.42 Å². The van der Waals surface area contributed by atoms with Crippen molar-refractivity contribution in [1.82, 2.24) is 10.6 Å². The number of halogens is 2. The molecule has 0 aromatic heterocycles. The predicted octanol–water partition coefficient (Wildman–Crippen LogP) is 2.95. The number of nitrogens with one attached hydrogen (secondary N) is 2. The molecule has 30 heavy (non-hydrogen) atoms. The van der Waals surface area contributed by atoms with E-state index in [1.54, 1.807) is 0 Å². The van der Waals surface area contributed by atoms with Crippen molar-refractivity contribution in [3.8, 4) is 0 Å². The molecule has 0 saturated carbocycles. The van der Waals surface area contributed by atoms with Crippen molar-refractivity contribution in [3.05, 3.63) is 35.9 Å². The van der Waals surface area contributed by atoms with Gasteiger partial charge in [0.1, 0.15) is 18.7 Å². The Kier molecular flexibility index (Phi) is 14.3. The molecule has 0 fully saturated rings. The summed E-state index contributed by atoms with van der Waals surface area (Å²) in [7, 11) is 0. The lowest BCUT2D eigenvalue weighted by Crippen LogP contribution is -2.51. The number of hydrogen-bond donors (Lipinski definition) is 3. The minimum absolute atomic E-state index is 0.0312. The van der Waals surface area contributed by atoms with Gasteiger partial charge in [-0.25, -0.2) is 4.79 Å². The number of hydrogen-bond acceptors (Lipinski definition) is 5. The summed E-state index contributed by atoms with van der Waals surface area (Å²) in [5, 5.41) is 13.7. The maximum absolute atomic E-state index is 12.2. The summed E-state index contributed by atoms with van der Waals surface area (Å²) < 4.78 is 5.10. The highest BCUT2D eigenvalue weighted by Gasteiger charge is 2.25. The Morgan fingerprint density at radius 2 is 1.57 bits per heavy atom. The fraction of sp³-hybridized carbons (Fsp3) is 0.500. The average molecular weight is 463 g/mol. The Hall–Kier alpha value is -2.32. The SMILES string of the molecule is CC(C)C[C@H](NC(=O)OCc1ccccc1)C(=O)N[C@@H](C)C(=O)O.O=C(CCl)CCl. The van der Waals surface area contributed by atoms with Crippen LogP contribution in [-0.4, -0.2) is 52.7 Å². The molecule has 0 saturated heterocycles. The van der Waals surface area contributed by atoms with Crippen molar-refractivity contribution in [2.75, 3.05) is 11.8 Å². The van der Waals surface area contributed by atoms with Crippen LogP contribution in [0.1, 0.15) is 32.8 Å². The van der Waals surface area contributed by atoms with Gasteiger partial charge in [0.25, 0.3) is 0 Å². The first-order chi connectivity index (χ1) is 14.1. The number of carboxylic acids is 1. The third-order valence-electron chi connectivity index (χ3n) is 3.56. The average Bonchev–Trinajstić information content (AvgIpc) is 2.71. The van der Waals surface area contributed by atoms with Crippen molar-refractivity contribution in [2.45, 2.75) is 45.9 Å². The number of benzene rings is 1. The summed E-state index contributed by atoms with van der Waals surface area (Å²) in [5.41, 5.74) is 0.831. The third kappa shape index (κ3) is 13.0. The normalized spacial score (nSPS) is 12.1. The molecule has 0 aliphatic carbocycles. The molecule has 0 aliphatic heterocycles. The van der Waals surface area contributed by atoms with Crippen LogP contribution in [0.4, 0.5) is 4.79 Å². The van der Waals surface area contributed by atoms with Gasteiger partial charge in [-0.1, -0.05) is 44.2 Å². The van der Waals surface area contributed by atoms with Gasteiger partial charge in [0.15, 0.2) is 5.78 Å². The molecular weight excluding hydrogens is 435 g/mol. The Balaban J connectivity index is 0.00000122. The van der Waals surface area contributed by atoms with Gasteiger partial charge in [0, 0.05) is 0 Å². The van der Waals surface area contributed by atoms with E-state index in [2.05, 4.69) is 10.6 Å². The minimum Gasteiger partial charge on any atom is -0.480 e. The molecule has 0 spiro atoms. The van der Waals surface area contributed by atoms with Gasteiger partial charge in [0.2, 0.25) is 5.91 Å². The molecule has 8 nitrogen and oxygen atoms in total. The molecule has 10 heteroatoms. The second kappa shape index (κ2) is 15.5. The molecule has 2 atom stereocenters. The Morgan fingerprint density at radius 1 is 1.00 bits per heavy atom.